The van der Waals surface area contributed by atoms with E-state index in [1.54, 1.807) is 7.11 Å². The number of methoxy groups -OCH3 is 1. The summed E-state index contributed by atoms with van der Waals surface area (Å²) in [4.78, 5) is 9.56. The second kappa shape index (κ2) is 15.0. The van der Waals surface area contributed by atoms with E-state index in [0.717, 1.165) is 72.6 Å². The zero-order chi connectivity index (χ0) is 33.3. The molecular weight excluding hydrogens is 588 g/mol. The van der Waals surface area contributed by atoms with Crippen molar-refractivity contribution >= 4 is 34.3 Å². The van der Waals surface area contributed by atoms with Crippen LogP contribution in [0.15, 0.2) is 156 Å². The highest BCUT2D eigenvalue weighted by molar-refractivity contribution is 6.03. The monoisotopic (exact) mass is 624 g/mol. The van der Waals surface area contributed by atoms with E-state index in [9.17, 15) is 5.11 Å². The Morgan fingerprint density at radius 2 is 1.02 bits per heavy atom. The van der Waals surface area contributed by atoms with E-state index in [2.05, 4.69) is 42.1 Å². The minimum atomic E-state index is -0.123. The summed E-state index contributed by atoms with van der Waals surface area (Å²) in [7, 11) is 1.68. The van der Waals surface area contributed by atoms with Gasteiger partial charge in [-0.15, -0.1) is 0 Å². The Morgan fingerprint density at radius 3 is 1.52 bits per heavy atom. The smallest absolute Gasteiger partial charge is 0.127 e. The zero-order valence-electron chi connectivity index (χ0n) is 27.3. The van der Waals surface area contributed by atoms with Crippen molar-refractivity contribution in [2.24, 2.45) is 9.98 Å². The number of rotatable bonds is 9. The van der Waals surface area contributed by atoms with Gasteiger partial charge in [-0.1, -0.05) is 115 Å². The average Bonchev–Trinajstić information content (AvgIpc) is 3.14. The van der Waals surface area contributed by atoms with Crippen molar-refractivity contribution in [2.75, 3.05) is 7.11 Å². The van der Waals surface area contributed by atoms with Crippen LogP contribution in [0.2, 0.25) is 0 Å². The van der Waals surface area contributed by atoms with Crippen LogP contribution in [-0.2, 0) is 6.61 Å². The molecule has 0 aliphatic heterocycles. The molecule has 0 aromatic heterocycles. The van der Waals surface area contributed by atoms with Crippen molar-refractivity contribution in [3.05, 3.63) is 185 Å². The Hall–Kier alpha value is -6.02. The Bertz CT molecular complexity index is 2030. The number of ether oxygens (including phenoxy) is 1. The molecule has 0 unspecified atom stereocenters. The molecule has 4 nitrogen and oxygen atoms in total. The number of nitrogens with zero attached hydrogens (tertiary/aromatic N) is 2. The van der Waals surface area contributed by atoms with Crippen molar-refractivity contribution in [1.29, 1.82) is 0 Å². The number of hydrogen-bond acceptors (Lipinski definition) is 4. The predicted molar refractivity (Wildman–Crippen MR) is 199 cm³/mol. The molecule has 4 heteroatoms. The third-order valence-electron chi connectivity index (χ3n) is 8.28. The number of aryl methyl sites for hydroxylation is 2. The topological polar surface area (TPSA) is 54.2 Å². The van der Waals surface area contributed by atoms with Crippen molar-refractivity contribution in [2.45, 2.75) is 20.5 Å². The second-order valence-corrected chi connectivity index (χ2v) is 11.4. The summed E-state index contributed by atoms with van der Waals surface area (Å²) in [6.07, 6.45) is 0. The largest absolute Gasteiger partial charge is 0.496 e. The van der Waals surface area contributed by atoms with Crippen LogP contribution < -0.4 is 4.74 Å². The van der Waals surface area contributed by atoms with Crippen LogP contribution in [0.4, 0.5) is 11.4 Å². The SMILES string of the molecule is COc1ccc(-c2ccc(CO)c(C(=C=Nc3ccccc3C)c3ccccc3)c2)cc1C(=C=Nc1ccccc1C)c1ccccc1. The van der Waals surface area contributed by atoms with E-state index in [1.807, 2.05) is 129 Å². The molecule has 0 aliphatic rings. The zero-order valence-corrected chi connectivity index (χ0v) is 27.3. The highest BCUT2D eigenvalue weighted by Gasteiger charge is 2.16. The third-order valence-corrected chi connectivity index (χ3v) is 8.28. The number of para-hydroxylation sites is 2. The first-order valence-corrected chi connectivity index (χ1v) is 15.9. The predicted octanol–water partition coefficient (Wildman–Crippen LogP) is 10.3. The maximum atomic E-state index is 10.5. The average molecular weight is 625 g/mol. The van der Waals surface area contributed by atoms with E-state index in [4.69, 9.17) is 14.7 Å². The normalized spacial score (nSPS) is 10.4. The van der Waals surface area contributed by atoms with Gasteiger partial charge in [-0.05, 0) is 100 Å². The quantitative estimate of drug-likeness (QED) is 0.163. The first-order valence-electron chi connectivity index (χ1n) is 15.9. The lowest BCUT2D eigenvalue weighted by Gasteiger charge is -2.15. The lowest BCUT2D eigenvalue weighted by Crippen LogP contribution is -1.98. The first kappa shape index (κ1) is 31.9. The molecule has 0 aliphatic carbocycles. The minimum Gasteiger partial charge on any atom is -0.496 e. The fourth-order valence-electron chi connectivity index (χ4n) is 5.59. The fourth-order valence-corrected chi connectivity index (χ4v) is 5.59. The maximum absolute atomic E-state index is 10.5. The number of aliphatic imine (C=N–C) groups is 2. The van der Waals surface area contributed by atoms with Gasteiger partial charge in [0.25, 0.3) is 0 Å². The van der Waals surface area contributed by atoms with Crippen molar-refractivity contribution in [3.8, 4) is 16.9 Å². The molecule has 0 saturated heterocycles. The van der Waals surface area contributed by atoms with Crippen LogP contribution in [0, 0.1) is 13.8 Å². The molecule has 48 heavy (non-hydrogen) atoms. The van der Waals surface area contributed by atoms with Gasteiger partial charge in [-0.25, -0.2) is 9.98 Å². The number of hydrogen-bond donors (Lipinski definition) is 1. The van der Waals surface area contributed by atoms with Gasteiger partial charge < -0.3 is 9.84 Å². The molecule has 6 aromatic rings. The summed E-state index contributed by atoms with van der Waals surface area (Å²) in [6.45, 7) is 3.96. The second-order valence-electron chi connectivity index (χ2n) is 11.4. The molecule has 6 rings (SSSR count). The molecule has 0 saturated carbocycles. The summed E-state index contributed by atoms with van der Waals surface area (Å²) in [5.41, 5.74) is 11.9. The fraction of sp³-hybridized carbons (Fsp3) is 0.0909. The molecule has 0 fully saturated rings. The Kier molecular flexibility index (Phi) is 10.0. The molecule has 0 radical (unpaired) electrons. The van der Waals surface area contributed by atoms with Gasteiger partial charge in [-0.2, -0.15) is 0 Å². The maximum Gasteiger partial charge on any atom is 0.127 e. The van der Waals surface area contributed by atoms with Crippen LogP contribution in [0.1, 0.15) is 38.9 Å². The lowest BCUT2D eigenvalue weighted by molar-refractivity contribution is 0.281. The number of benzene rings is 6. The van der Waals surface area contributed by atoms with Crippen LogP contribution in [0.3, 0.4) is 0 Å². The van der Waals surface area contributed by atoms with Crippen molar-refractivity contribution < 1.29 is 9.84 Å². The summed E-state index contributed by atoms with van der Waals surface area (Å²) in [6, 6.07) is 48.5. The van der Waals surface area contributed by atoms with E-state index >= 15 is 0 Å². The van der Waals surface area contributed by atoms with E-state index in [-0.39, 0.29) is 6.61 Å². The van der Waals surface area contributed by atoms with Crippen LogP contribution in [-0.4, -0.2) is 24.0 Å². The van der Waals surface area contributed by atoms with Gasteiger partial charge >= 0.3 is 0 Å². The van der Waals surface area contributed by atoms with Gasteiger partial charge in [0, 0.05) is 5.56 Å². The van der Waals surface area contributed by atoms with E-state index in [0.29, 0.717) is 5.75 Å². The number of aliphatic hydroxyl groups excluding tert-OH is 1. The molecule has 0 heterocycles. The molecule has 0 atom stereocenters. The highest BCUT2D eigenvalue weighted by atomic mass is 16.5. The van der Waals surface area contributed by atoms with Gasteiger partial charge in [-0.3, -0.25) is 0 Å². The van der Waals surface area contributed by atoms with Crippen LogP contribution in [0.5, 0.6) is 5.75 Å². The third kappa shape index (κ3) is 7.18. The van der Waals surface area contributed by atoms with Crippen molar-refractivity contribution in [3.63, 3.8) is 0 Å². The molecule has 0 amide bonds. The molecule has 0 bridgehead atoms. The van der Waals surface area contributed by atoms with Gasteiger partial charge in [0.15, 0.2) is 0 Å². The van der Waals surface area contributed by atoms with Gasteiger partial charge in [0.05, 0.1) is 36.2 Å². The minimum absolute atomic E-state index is 0.123. The molecule has 6 aromatic carbocycles. The molecule has 0 spiro atoms. The number of aliphatic hydroxyl groups is 1. The van der Waals surface area contributed by atoms with Crippen molar-refractivity contribution in [1.82, 2.24) is 0 Å². The Balaban J connectivity index is 1.54. The Labute approximate surface area is 282 Å². The van der Waals surface area contributed by atoms with E-state index < -0.39 is 0 Å². The Morgan fingerprint density at radius 1 is 0.562 bits per heavy atom. The lowest BCUT2D eigenvalue weighted by atomic mass is 9.90. The van der Waals surface area contributed by atoms with Crippen LogP contribution >= 0.6 is 0 Å². The van der Waals surface area contributed by atoms with E-state index in [1.165, 1.54) is 0 Å². The summed E-state index contributed by atoms with van der Waals surface area (Å²) in [5, 5.41) is 10.5. The standard InChI is InChI=1S/C44H36N2O2/c1-31-14-10-12-20-42(31)45-28-40(33-16-6-4-7-17-33)38-26-35(22-23-37(38)30-47)36-24-25-44(48-3)39(27-36)41(34-18-8-5-9-19-34)29-46-43-21-13-11-15-32(43)2/h4-27,47H,30H2,1-3H3. The molecule has 1 N–H and O–H groups in total. The molecular formula is C44H36N2O2. The summed E-state index contributed by atoms with van der Waals surface area (Å²) >= 11 is 0. The highest BCUT2D eigenvalue weighted by Crippen LogP contribution is 2.36. The van der Waals surface area contributed by atoms with Crippen LogP contribution in [0.25, 0.3) is 22.3 Å². The molecule has 234 valence electrons. The van der Waals surface area contributed by atoms with Gasteiger partial charge in [0.2, 0.25) is 0 Å². The summed E-state index contributed by atoms with van der Waals surface area (Å²) in [5.74, 6) is 7.44. The first-order chi connectivity index (χ1) is 23.6. The summed E-state index contributed by atoms with van der Waals surface area (Å²) < 4.78 is 5.89. The van der Waals surface area contributed by atoms with Gasteiger partial charge in [0.1, 0.15) is 5.75 Å².